The highest BCUT2D eigenvalue weighted by Gasteiger charge is 2.36. The second-order valence-corrected chi connectivity index (χ2v) is 3.65. The van der Waals surface area contributed by atoms with Gasteiger partial charge in [0, 0.05) is 0 Å². The van der Waals surface area contributed by atoms with Crippen LogP contribution in [0.4, 0.5) is 0 Å². The minimum Gasteiger partial charge on any atom is -0.345 e. The fourth-order valence-electron chi connectivity index (χ4n) is 1.23. The smallest absolute Gasteiger partial charge is 0.164 e. The van der Waals surface area contributed by atoms with Crippen LogP contribution in [0.2, 0.25) is 0 Å². The number of ether oxygens (including phenoxy) is 2. The minimum atomic E-state index is -0.434. The zero-order chi connectivity index (χ0) is 8.48. The minimum absolute atomic E-state index is 0.0735. The van der Waals surface area contributed by atoms with Crippen molar-refractivity contribution < 1.29 is 9.47 Å². The van der Waals surface area contributed by atoms with Crippen LogP contribution in [-0.4, -0.2) is 18.0 Å². The molecule has 0 N–H and O–H groups in total. The van der Waals surface area contributed by atoms with Crippen molar-refractivity contribution in [2.45, 2.75) is 38.8 Å². The molecule has 1 saturated heterocycles. The number of halogens is 1. The summed E-state index contributed by atoms with van der Waals surface area (Å²) in [6, 6.07) is 0. The quantitative estimate of drug-likeness (QED) is 0.677. The molecule has 0 amide bonds. The topological polar surface area (TPSA) is 18.5 Å². The van der Waals surface area contributed by atoms with Crippen LogP contribution in [0.1, 0.15) is 20.8 Å². The molecule has 0 saturated carbocycles. The lowest BCUT2D eigenvalue weighted by molar-refractivity contribution is -0.141. The second kappa shape index (κ2) is 3.25. The van der Waals surface area contributed by atoms with E-state index in [2.05, 4.69) is 15.9 Å². The molecule has 0 aromatic rings. The Kier molecular flexibility index (Phi) is 2.73. The van der Waals surface area contributed by atoms with Gasteiger partial charge in [0.2, 0.25) is 0 Å². The molecule has 11 heavy (non-hydrogen) atoms. The molecule has 1 aliphatic heterocycles. The Labute approximate surface area is 75.7 Å². The van der Waals surface area contributed by atoms with Gasteiger partial charge < -0.3 is 9.47 Å². The van der Waals surface area contributed by atoms with Gasteiger partial charge in [-0.3, -0.25) is 0 Å². The SMILES string of the molecule is C[C@@H]1OC(C)(C)O[C@@H]1/C=C\Br. The largest absolute Gasteiger partial charge is 0.345 e. The van der Waals surface area contributed by atoms with E-state index in [9.17, 15) is 0 Å². The second-order valence-electron chi connectivity index (χ2n) is 3.12. The molecule has 1 aliphatic rings. The molecule has 2 atom stereocenters. The summed E-state index contributed by atoms with van der Waals surface area (Å²) in [5, 5.41) is 0. The molecular formula is C8H13BrO2. The third-order valence-electron chi connectivity index (χ3n) is 1.61. The Morgan fingerprint density at radius 2 is 2.00 bits per heavy atom. The van der Waals surface area contributed by atoms with Gasteiger partial charge in [0.05, 0.1) is 6.10 Å². The first-order chi connectivity index (χ1) is 5.05. The molecule has 0 aromatic heterocycles. The van der Waals surface area contributed by atoms with E-state index in [1.165, 1.54) is 0 Å². The van der Waals surface area contributed by atoms with E-state index < -0.39 is 5.79 Å². The van der Waals surface area contributed by atoms with Crippen molar-refractivity contribution in [1.29, 1.82) is 0 Å². The third kappa shape index (κ3) is 2.29. The molecule has 0 spiro atoms. The molecule has 0 unspecified atom stereocenters. The highest BCUT2D eigenvalue weighted by atomic mass is 79.9. The summed E-state index contributed by atoms with van der Waals surface area (Å²) < 4.78 is 11.1. The van der Waals surface area contributed by atoms with E-state index >= 15 is 0 Å². The number of hydrogen-bond donors (Lipinski definition) is 0. The highest BCUT2D eigenvalue weighted by Crippen LogP contribution is 2.28. The molecule has 1 fully saturated rings. The first kappa shape index (κ1) is 9.23. The van der Waals surface area contributed by atoms with Gasteiger partial charge in [0.25, 0.3) is 0 Å². The zero-order valence-corrected chi connectivity index (χ0v) is 8.59. The molecule has 2 nitrogen and oxygen atoms in total. The van der Waals surface area contributed by atoms with Gasteiger partial charge >= 0.3 is 0 Å². The van der Waals surface area contributed by atoms with Gasteiger partial charge in [0.1, 0.15) is 6.10 Å². The van der Waals surface area contributed by atoms with Crippen molar-refractivity contribution in [3.05, 3.63) is 11.1 Å². The normalized spacial score (nSPS) is 36.7. The van der Waals surface area contributed by atoms with Gasteiger partial charge in [-0.15, -0.1) is 0 Å². The van der Waals surface area contributed by atoms with Crippen LogP contribution in [0.25, 0.3) is 0 Å². The van der Waals surface area contributed by atoms with Crippen LogP contribution in [0.5, 0.6) is 0 Å². The molecule has 1 heterocycles. The van der Waals surface area contributed by atoms with E-state index in [1.54, 1.807) is 4.99 Å². The van der Waals surface area contributed by atoms with Crippen LogP contribution < -0.4 is 0 Å². The van der Waals surface area contributed by atoms with Crippen LogP contribution in [0, 0.1) is 0 Å². The standard InChI is InChI=1S/C8H13BrO2/c1-6-7(4-5-9)11-8(2,3)10-6/h4-7H,1-3H3/b5-4-/t6-,7+/m0/s1. The lowest BCUT2D eigenvalue weighted by atomic mass is 10.2. The third-order valence-corrected chi connectivity index (χ3v) is 1.92. The molecule has 1 rings (SSSR count). The zero-order valence-electron chi connectivity index (χ0n) is 7.00. The van der Waals surface area contributed by atoms with Crippen LogP contribution in [0.15, 0.2) is 11.1 Å². The Balaban J connectivity index is 2.59. The summed E-state index contributed by atoms with van der Waals surface area (Å²) in [6.07, 6.45) is 2.16. The van der Waals surface area contributed by atoms with Crippen molar-refractivity contribution in [3.8, 4) is 0 Å². The first-order valence-electron chi connectivity index (χ1n) is 3.68. The predicted octanol–water partition coefficient (Wildman–Crippen LogP) is 2.44. The Morgan fingerprint density at radius 3 is 2.36 bits per heavy atom. The Hall–Kier alpha value is 0.140. The van der Waals surface area contributed by atoms with Gasteiger partial charge in [-0.1, -0.05) is 15.9 Å². The molecule has 3 heteroatoms. The van der Waals surface area contributed by atoms with E-state index in [0.717, 1.165) is 0 Å². The van der Waals surface area contributed by atoms with Gasteiger partial charge in [-0.25, -0.2) is 0 Å². The highest BCUT2D eigenvalue weighted by molar-refractivity contribution is 9.11. The van der Waals surface area contributed by atoms with Gasteiger partial charge in [-0.2, -0.15) is 0 Å². The van der Waals surface area contributed by atoms with Crippen molar-refractivity contribution in [2.75, 3.05) is 0 Å². The predicted molar refractivity (Wildman–Crippen MR) is 47.6 cm³/mol. The van der Waals surface area contributed by atoms with Crippen LogP contribution >= 0.6 is 15.9 Å². The Bertz CT molecular complexity index is 165. The number of rotatable bonds is 1. The van der Waals surface area contributed by atoms with Gasteiger partial charge in [0.15, 0.2) is 5.79 Å². The molecule has 0 radical (unpaired) electrons. The average Bonchev–Trinajstić information content (AvgIpc) is 2.07. The Morgan fingerprint density at radius 1 is 1.36 bits per heavy atom. The fraction of sp³-hybridized carbons (Fsp3) is 0.750. The number of hydrogen-bond acceptors (Lipinski definition) is 2. The maximum Gasteiger partial charge on any atom is 0.164 e. The molecule has 0 bridgehead atoms. The summed E-state index contributed by atoms with van der Waals surface area (Å²) in [4.78, 5) is 1.80. The van der Waals surface area contributed by atoms with E-state index in [1.807, 2.05) is 26.8 Å². The summed E-state index contributed by atoms with van der Waals surface area (Å²) in [5.74, 6) is -0.434. The van der Waals surface area contributed by atoms with Crippen molar-refractivity contribution in [1.82, 2.24) is 0 Å². The van der Waals surface area contributed by atoms with E-state index in [-0.39, 0.29) is 12.2 Å². The maximum absolute atomic E-state index is 5.56. The van der Waals surface area contributed by atoms with Crippen LogP contribution in [-0.2, 0) is 9.47 Å². The van der Waals surface area contributed by atoms with Crippen molar-refractivity contribution >= 4 is 15.9 Å². The van der Waals surface area contributed by atoms with E-state index in [0.29, 0.717) is 0 Å². The molecule has 0 aromatic carbocycles. The van der Waals surface area contributed by atoms with E-state index in [4.69, 9.17) is 9.47 Å². The maximum atomic E-state index is 5.56. The average molecular weight is 221 g/mol. The lowest BCUT2D eigenvalue weighted by Crippen LogP contribution is -2.20. The first-order valence-corrected chi connectivity index (χ1v) is 4.59. The lowest BCUT2D eigenvalue weighted by Gasteiger charge is -2.15. The summed E-state index contributed by atoms with van der Waals surface area (Å²) in [6.45, 7) is 5.85. The van der Waals surface area contributed by atoms with Crippen molar-refractivity contribution in [2.24, 2.45) is 0 Å². The van der Waals surface area contributed by atoms with Crippen molar-refractivity contribution in [3.63, 3.8) is 0 Å². The van der Waals surface area contributed by atoms with Gasteiger partial charge in [-0.05, 0) is 31.8 Å². The fourth-order valence-corrected chi connectivity index (χ4v) is 1.53. The molecule has 64 valence electrons. The summed E-state index contributed by atoms with van der Waals surface area (Å²) in [5.41, 5.74) is 0. The van der Waals surface area contributed by atoms with Crippen LogP contribution in [0.3, 0.4) is 0 Å². The summed E-state index contributed by atoms with van der Waals surface area (Å²) in [7, 11) is 0. The monoisotopic (exact) mass is 220 g/mol. The molecular weight excluding hydrogens is 208 g/mol. The molecule has 0 aliphatic carbocycles. The summed E-state index contributed by atoms with van der Waals surface area (Å²) >= 11 is 3.21.